The fourth-order valence-electron chi connectivity index (χ4n) is 1.45. The van der Waals surface area contributed by atoms with Crippen LogP contribution in [0.25, 0.3) is 6.08 Å². The molecule has 1 nitrogen and oxygen atoms in total. The SMILES string of the molecule is Cc1cccc(/C=C/C(=O)c2ccsc2)c1. The lowest BCUT2D eigenvalue weighted by atomic mass is 10.1. The number of hydrogen-bond donors (Lipinski definition) is 0. The van der Waals surface area contributed by atoms with Crippen LogP contribution in [0, 0.1) is 6.92 Å². The third-order valence-electron chi connectivity index (χ3n) is 2.27. The smallest absolute Gasteiger partial charge is 0.186 e. The minimum absolute atomic E-state index is 0.0581. The molecule has 0 saturated carbocycles. The quantitative estimate of drug-likeness (QED) is 0.574. The first kappa shape index (κ1) is 10.8. The minimum atomic E-state index is 0.0581. The molecule has 80 valence electrons. The number of carbonyl (C=O) groups is 1. The van der Waals surface area contributed by atoms with Gasteiger partial charge in [-0.1, -0.05) is 35.9 Å². The Morgan fingerprint density at radius 1 is 1.31 bits per heavy atom. The molecule has 0 aliphatic rings. The molecule has 1 aromatic heterocycles. The molecule has 0 fully saturated rings. The number of carbonyl (C=O) groups excluding carboxylic acids is 1. The van der Waals surface area contributed by atoms with Crippen molar-refractivity contribution in [2.45, 2.75) is 6.92 Å². The Kier molecular flexibility index (Phi) is 3.32. The van der Waals surface area contributed by atoms with E-state index in [1.165, 1.54) is 16.9 Å². The Balaban J connectivity index is 2.13. The highest BCUT2D eigenvalue weighted by atomic mass is 32.1. The highest BCUT2D eigenvalue weighted by Crippen LogP contribution is 2.10. The molecule has 2 heteroatoms. The molecule has 0 aliphatic heterocycles. The molecule has 1 aromatic carbocycles. The Hall–Kier alpha value is -1.67. The summed E-state index contributed by atoms with van der Waals surface area (Å²) in [5.74, 6) is 0.0581. The summed E-state index contributed by atoms with van der Waals surface area (Å²) < 4.78 is 0. The first-order chi connectivity index (χ1) is 7.75. The predicted molar refractivity (Wildman–Crippen MR) is 68.9 cm³/mol. The van der Waals surface area contributed by atoms with Gasteiger partial charge in [-0.05, 0) is 30.0 Å². The standard InChI is InChI=1S/C14H12OS/c1-11-3-2-4-12(9-11)5-6-14(15)13-7-8-16-10-13/h2-10H,1H3/b6-5+. The summed E-state index contributed by atoms with van der Waals surface area (Å²) in [7, 11) is 0. The zero-order chi connectivity index (χ0) is 11.4. The van der Waals surface area contributed by atoms with Gasteiger partial charge < -0.3 is 0 Å². The van der Waals surface area contributed by atoms with E-state index in [1.807, 2.05) is 48.0 Å². The van der Waals surface area contributed by atoms with Gasteiger partial charge in [0, 0.05) is 10.9 Å². The molecule has 0 N–H and O–H groups in total. The molecule has 0 spiro atoms. The zero-order valence-corrected chi connectivity index (χ0v) is 9.83. The molecule has 16 heavy (non-hydrogen) atoms. The maximum atomic E-state index is 11.7. The minimum Gasteiger partial charge on any atom is -0.289 e. The fraction of sp³-hybridized carbons (Fsp3) is 0.0714. The Morgan fingerprint density at radius 2 is 2.19 bits per heavy atom. The average Bonchev–Trinajstić information content (AvgIpc) is 2.79. The van der Waals surface area contributed by atoms with E-state index in [0.717, 1.165) is 11.1 Å². The number of aryl methyl sites for hydroxylation is 1. The molecule has 0 unspecified atom stereocenters. The van der Waals surface area contributed by atoms with Gasteiger partial charge in [0.05, 0.1) is 0 Å². The third kappa shape index (κ3) is 2.67. The summed E-state index contributed by atoms with van der Waals surface area (Å²) in [6.45, 7) is 2.04. The summed E-state index contributed by atoms with van der Waals surface area (Å²) in [5, 5.41) is 3.77. The van der Waals surface area contributed by atoms with Gasteiger partial charge in [-0.15, -0.1) is 0 Å². The van der Waals surface area contributed by atoms with E-state index < -0.39 is 0 Å². The first-order valence-corrected chi connectivity index (χ1v) is 6.01. The lowest BCUT2D eigenvalue weighted by Gasteiger charge is -1.95. The first-order valence-electron chi connectivity index (χ1n) is 5.07. The van der Waals surface area contributed by atoms with Crippen LogP contribution >= 0.6 is 11.3 Å². The predicted octanol–water partition coefficient (Wildman–Crippen LogP) is 3.95. The van der Waals surface area contributed by atoms with E-state index in [4.69, 9.17) is 0 Å². The van der Waals surface area contributed by atoms with Crippen molar-refractivity contribution in [3.8, 4) is 0 Å². The van der Waals surface area contributed by atoms with Crippen LogP contribution in [0.3, 0.4) is 0 Å². The van der Waals surface area contributed by atoms with Crippen LogP contribution in [0.1, 0.15) is 21.5 Å². The van der Waals surface area contributed by atoms with Crippen molar-refractivity contribution in [3.63, 3.8) is 0 Å². The molecule has 0 atom stereocenters. The maximum absolute atomic E-state index is 11.7. The molecule has 1 heterocycles. The van der Waals surface area contributed by atoms with Crippen molar-refractivity contribution < 1.29 is 4.79 Å². The van der Waals surface area contributed by atoms with Crippen LogP contribution in [-0.2, 0) is 0 Å². The third-order valence-corrected chi connectivity index (χ3v) is 2.96. The van der Waals surface area contributed by atoms with Crippen LogP contribution in [0.5, 0.6) is 0 Å². The van der Waals surface area contributed by atoms with Crippen LogP contribution < -0.4 is 0 Å². The van der Waals surface area contributed by atoms with Crippen molar-refractivity contribution in [1.82, 2.24) is 0 Å². The number of thiophene rings is 1. The second kappa shape index (κ2) is 4.90. The molecular weight excluding hydrogens is 216 g/mol. The van der Waals surface area contributed by atoms with Crippen molar-refractivity contribution in [1.29, 1.82) is 0 Å². The average molecular weight is 228 g/mol. The molecule has 0 amide bonds. The van der Waals surface area contributed by atoms with E-state index in [2.05, 4.69) is 6.07 Å². The van der Waals surface area contributed by atoms with Crippen LogP contribution in [-0.4, -0.2) is 5.78 Å². The van der Waals surface area contributed by atoms with Gasteiger partial charge in [0.15, 0.2) is 5.78 Å². The zero-order valence-electron chi connectivity index (χ0n) is 9.01. The highest BCUT2D eigenvalue weighted by Gasteiger charge is 2.00. The molecule has 2 aromatic rings. The van der Waals surface area contributed by atoms with Gasteiger partial charge >= 0.3 is 0 Å². The number of hydrogen-bond acceptors (Lipinski definition) is 2. The van der Waals surface area contributed by atoms with Crippen molar-refractivity contribution >= 4 is 23.2 Å². The van der Waals surface area contributed by atoms with E-state index in [0.29, 0.717) is 0 Å². The lowest BCUT2D eigenvalue weighted by molar-refractivity contribution is 0.104. The number of benzene rings is 1. The van der Waals surface area contributed by atoms with Gasteiger partial charge in [0.1, 0.15) is 0 Å². The molecule has 0 saturated heterocycles. The fourth-order valence-corrected chi connectivity index (χ4v) is 2.09. The Labute approximate surface area is 99.1 Å². The van der Waals surface area contributed by atoms with Crippen LogP contribution in [0.15, 0.2) is 47.2 Å². The second-order valence-electron chi connectivity index (χ2n) is 3.62. The largest absolute Gasteiger partial charge is 0.289 e. The molecule has 0 radical (unpaired) electrons. The molecular formula is C14H12OS. The summed E-state index contributed by atoms with van der Waals surface area (Å²) in [5.41, 5.74) is 3.02. The lowest BCUT2D eigenvalue weighted by Crippen LogP contribution is -1.90. The van der Waals surface area contributed by atoms with Gasteiger partial charge in [-0.25, -0.2) is 0 Å². The molecule has 2 rings (SSSR count). The summed E-state index contributed by atoms with van der Waals surface area (Å²) in [6.07, 6.45) is 3.48. The van der Waals surface area contributed by atoms with Crippen molar-refractivity contribution in [2.75, 3.05) is 0 Å². The topological polar surface area (TPSA) is 17.1 Å². The number of allylic oxidation sites excluding steroid dienone is 1. The van der Waals surface area contributed by atoms with Gasteiger partial charge in [0.25, 0.3) is 0 Å². The van der Waals surface area contributed by atoms with Crippen molar-refractivity contribution in [2.24, 2.45) is 0 Å². The molecule has 0 bridgehead atoms. The highest BCUT2D eigenvalue weighted by molar-refractivity contribution is 7.08. The second-order valence-corrected chi connectivity index (χ2v) is 4.40. The van der Waals surface area contributed by atoms with E-state index in [1.54, 1.807) is 6.08 Å². The van der Waals surface area contributed by atoms with Crippen LogP contribution in [0.2, 0.25) is 0 Å². The van der Waals surface area contributed by atoms with Gasteiger partial charge in [0.2, 0.25) is 0 Å². The normalized spacial score (nSPS) is 10.8. The summed E-state index contributed by atoms with van der Waals surface area (Å²) in [4.78, 5) is 11.7. The van der Waals surface area contributed by atoms with E-state index >= 15 is 0 Å². The van der Waals surface area contributed by atoms with E-state index in [-0.39, 0.29) is 5.78 Å². The summed E-state index contributed by atoms with van der Waals surface area (Å²) >= 11 is 1.54. The summed E-state index contributed by atoms with van der Waals surface area (Å²) in [6, 6.07) is 9.91. The van der Waals surface area contributed by atoms with E-state index in [9.17, 15) is 4.79 Å². The van der Waals surface area contributed by atoms with Crippen molar-refractivity contribution in [3.05, 3.63) is 63.9 Å². The van der Waals surface area contributed by atoms with Gasteiger partial charge in [-0.2, -0.15) is 11.3 Å². The Bertz CT molecular complexity index is 509. The Morgan fingerprint density at radius 3 is 2.88 bits per heavy atom. The maximum Gasteiger partial charge on any atom is 0.186 e. The van der Waals surface area contributed by atoms with Crippen LogP contribution in [0.4, 0.5) is 0 Å². The van der Waals surface area contributed by atoms with Gasteiger partial charge in [-0.3, -0.25) is 4.79 Å². The number of ketones is 1. The molecule has 0 aliphatic carbocycles. The monoisotopic (exact) mass is 228 g/mol. The number of rotatable bonds is 3.